The zero-order valence-corrected chi connectivity index (χ0v) is 8.97. The fourth-order valence-electron chi connectivity index (χ4n) is 1.40. The minimum absolute atomic E-state index is 0. The molecule has 1 heterocycles. The highest BCUT2D eigenvalue weighted by Crippen LogP contribution is 2.20. The molecule has 0 amide bonds. The zero-order chi connectivity index (χ0) is 9.26. The molecule has 2 aromatic rings. The van der Waals surface area contributed by atoms with Gasteiger partial charge in [0.1, 0.15) is 5.75 Å². The first kappa shape index (κ1) is 10.8. The Balaban J connectivity index is 0.000000980. The van der Waals surface area contributed by atoms with Crippen molar-refractivity contribution in [3.05, 3.63) is 36.0 Å². The Labute approximate surface area is 89.3 Å². The number of hydrogen-bond acceptors (Lipinski definition) is 2. The fraction of sp³-hybridized carbons (Fsp3) is 0.182. The molecule has 0 saturated heterocycles. The highest BCUT2D eigenvalue weighted by Gasteiger charge is 1.98. The van der Waals surface area contributed by atoms with Crippen LogP contribution in [0.1, 0.15) is 5.56 Å². The number of ether oxygens (including phenoxy) is 1. The van der Waals surface area contributed by atoms with Gasteiger partial charge in [-0.25, -0.2) is 0 Å². The van der Waals surface area contributed by atoms with Gasteiger partial charge in [-0.05, 0) is 30.7 Å². The highest BCUT2D eigenvalue weighted by atomic mass is 35.5. The van der Waals surface area contributed by atoms with Gasteiger partial charge in [0.15, 0.2) is 0 Å². The van der Waals surface area contributed by atoms with E-state index in [1.165, 1.54) is 10.9 Å². The number of nitrogens with zero attached hydrogens (tertiary/aromatic N) is 1. The molecule has 0 fully saturated rings. The Morgan fingerprint density at radius 2 is 2.00 bits per heavy atom. The largest absolute Gasteiger partial charge is 0.497 e. The fourth-order valence-corrected chi connectivity index (χ4v) is 1.40. The highest BCUT2D eigenvalue weighted by molar-refractivity contribution is 5.85. The molecule has 0 radical (unpaired) electrons. The second-order valence-electron chi connectivity index (χ2n) is 3.01. The number of hydrogen-bond donors (Lipinski definition) is 0. The van der Waals surface area contributed by atoms with E-state index in [2.05, 4.69) is 11.9 Å². The van der Waals surface area contributed by atoms with Crippen molar-refractivity contribution in [2.45, 2.75) is 6.92 Å². The van der Waals surface area contributed by atoms with E-state index in [1.54, 1.807) is 7.11 Å². The van der Waals surface area contributed by atoms with Gasteiger partial charge >= 0.3 is 0 Å². The predicted molar refractivity (Wildman–Crippen MR) is 60.3 cm³/mol. The van der Waals surface area contributed by atoms with Crippen molar-refractivity contribution in [3.63, 3.8) is 0 Å². The number of rotatable bonds is 1. The number of aryl methyl sites for hydroxylation is 1. The summed E-state index contributed by atoms with van der Waals surface area (Å²) in [5.41, 5.74) is 2.23. The zero-order valence-electron chi connectivity index (χ0n) is 8.15. The topological polar surface area (TPSA) is 22.1 Å². The lowest BCUT2D eigenvalue weighted by Crippen LogP contribution is -1.85. The van der Waals surface area contributed by atoms with Crippen molar-refractivity contribution < 1.29 is 4.74 Å². The molecule has 3 heteroatoms. The average Bonchev–Trinajstić information content (AvgIpc) is 2.18. The number of pyridine rings is 1. The van der Waals surface area contributed by atoms with Crippen LogP contribution in [0.4, 0.5) is 0 Å². The molecule has 0 N–H and O–H groups in total. The van der Waals surface area contributed by atoms with E-state index in [1.807, 2.05) is 30.5 Å². The molecule has 0 unspecified atom stereocenters. The van der Waals surface area contributed by atoms with E-state index in [0.29, 0.717) is 0 Å². The maximum absolute atomic E-state index is 5.12. The van der Waals surface area contributed by atoms with Gasteiger partial charge in [-0.15, -0.1) is 12.4 Å². The van der Waals surface area contributed by atoms with Crippen molar-refractivity contribution in [2.75, 3.05) is 7.11 Å². The molecule has 1 aromatic heterocycles. The van der Waals surface area contributed by atoms with Crippen molar-refractivity contribution in [1.82, 2.24) is 4.98 Å². The van der Waals surface area contributed by atoms with Crippen molar-refractivity contribution in [3.8, 4) is 5.75 Å². The normalized spacial score (nSPS) is 9.57. The molecular weight excluding hydrogens is 198 g/mol. The van der Waals surface area contributed by atoms with E-state index in [4.69, 9.17) is 4.74 Å². The molecule has 0 aliphatic carbocycles. The molecular formula is C11H12ClNO. The van der Waals surface area contributed by atoms with Crippen LogP contribution in [0, 0.1) is 6.92 Å². The number of fused-ring (bicyclic) bond motifs is 1. The van der Waals surface area contributed by atoms with E-state index in [9.17, 15) is 0 Å². The summed E-state index contributed by atoms with van der Waals surface area (Å²) >= 11 is 0. The third-order valence-electron chi connectivity index (χ3n) is 2.17. The van der Waals surface area contributed by atoms with Gasteiger partial charge in [-0.1, -0.05) is 0 Å². The smallest absolute Gasteiger partial charge is 0.121 e. The molecule has 14 heavy (non-hydrogen) atoms. The minimum Gasteiger partial charge on any atom is -0.497 e. The second kappa shape index (κ2) is 4.29. The summed E-state index contributed by atoms with van der Waals surface area (Å²) in [5, 5.41) is 1.18. The molecule has 2 rings (SSSR count). The van der Waals surface area contributed by atoms with Gasteiger partial charge in [0, 0.05) is 17.6 Å². The van der Waals surface area contributed by atoms with Crippen molar-refractivity contribution >= 4 is 23.3 Å². The summed E-state index contributed by atoms with van der Waals surface area (Å²) in [6.45, 7) is 2.08. The Morgan fingerprint density at radius 1 is 1.21 bits per heavy atom. The van der Waals surface area contributed by atoms with Crippen LogP contribution in [0.25, 0.3) is 10.9 Å². The minimum atomic E-state index is 0. The average molecular weight is 210 g/mol. The van der Waals surface area contributed by atoms with Gasteiger partial charge in [0.25, 0.3) is 0 Å². The van der Waals surface area contributed by atoms with Crippen molar-refractivity contribution in [1.29, 1.82) is 0 Å². The third kappa shape index (κ3) is 1.80. The van der Waals surface area contributed by atoms with Gasteiger partial charge in [-0.2, -0.15) is 0 Å². The Bertz CT molecular complexity index is 442. The standard InChI is InChI=1S/C11H11NO.ClH/c1-8-5-6-12-11-7-9(13-2)3-4-10(8)11;/h3-7H,1-2H3;1H. The van der Waals surface area contributed by atoms with Crippen LogP contribution in [0.15, 0.2) is 30.5 Å². The molecule has 0 spiro atoms. The van der Waals surface area contributed by atoms with Crippen LogP contribution in [0.5, 0.6) is 5.75 Å². The Hall–Kier alpha value is -1.28. The van der Waals surface area contributed by atoms with E-state index in [0.717, 1.165) is 11.3 Å². The lowest BCUT2D eigenvalue weighted by molar-refractivity contribution is 0.415. The molecule has 0 aliphatic heterocycles. The maximum Gasteiger partial charge on any atom is 0.121 e. The Morgan fingerprint density at radius 3 is 2.71 bits per heavy atom. The summed E-state index contributed by atoms with van der Waals surface area (Å²) in [4.78, 5) is 4.27. The molecule has 0 bridgehead atoms. The van der Waals surface area contributed by atoms with Crippen LogP contribution in [0.3, 0.4) is 0 Å². The molecule has 0 atom stereocenters. The molecule has 0 saturated carbocycles. The first-order chi connectivity index (χ1) is 6.31. The maximum atomic E-state index is 5.12. The molecule has 1 aromatic carbocycles. The monoisotopic (exact) mass is 209 g/mol. The summed E-state index contributed by atoms with van der Waals surface area (Å²) in [6, 6.07) is 7.95. The third-order valence-corrected chi connectivity index (χ3v) is 2.17. The van der Waals surface area contributed by atoms with Crippen LogP contribution in [0.2, 0.25) is 0 Å². The van der Waals surface area contributed by atoms with E-state index >= 15 is 0 Å². The van der Waals surface area contributed by atoms with Crippen molar-refractivity contribution in [2.24, 2.45) is 0 Å². The van der Waals surface area contributed by atoms with E-state index < -0.39 is 0 Å². The second-order valence-corrected chi connectivity index (χ2v) is 3.01. The molecule has 0 aliphatic rings. The summed E-state index contributed by atoms with van der Waals surface area (Å²) in [7, 11) is 1.66. The summed E-state index contributed by atoms with van der Waals surface area (Å²) < 4.78 is 5.12. The van der Waals surface area contributed by atoms with Crippen LogP contribution in [-0.4, -0.2) is 12.1 Å². The number of methoxy groups -OCH3 is 1. The Kier molecular flexibility index (Phi) is 3.31. The first-order valence-corrected chi connectivity index (χ1v) is 4.20. The van der Waals surface area contributed by atoms with Gasteiger partial charge in [0.05, 0.1) is 12.6 Å². The van der Waals surface area contributed by atoms with E-state index in [-0.39, 0.29) is 12.4 Å². The summed E-state index contributed by atoms with van der Waals surface area (Å²) in [5.74, 6) is 0.852. The molecule has 74 valence electrons. The summed E-state index contributed by atoms with van der Waals surface area (Å²) in [6.07, 6.45) is 1.82. The lowest BCUT2D eigenvalue weighted by Gasteiger charge is -2.03. The van der Waals surface area contributed by atoms with Gasteiger partial charge < -0.3 is 4.74 Å². The predicted octanol–water partition coefficient (Wildman–Crippen LogP) is 2.97. The van der Waals surface area contributed by atoms with Crippen LogP contribution >= 0.6 is 12.4 Å². The van der Waals surface area contributed by atoms with Gasteiger partial charge in [0.2, 0.25) is 0 Å². The van der Waals surface area contributed by atoms with Crippen LogP contribution in [-0.2, 0) is 0 Å². The number of benzene rings is 1. The quantitative estimate of drug-likeness (QED) is 0.721. The first-order valence-electron chi connectivity index (χ1n) is 4.20. The molecule has 2 nitrogen and oxygen atoms in total. The lowest BCUT2D eigenvalue weighted by atomic mass is 10.1. The SMILES string of the molecule is COc1ccc2c(C)ccnc2c1.Cl. The van der Waals surface area contributed by atoms with Crippen LogP contribution < -0.4 is 4.74 Å². The van der Waals surface area contributed by atoms with Gasteiger partial charge in [-0.3, -0.25) is 4.98 Å². The number of halogens is 1. The number of aromatic nitrogens is 1.